The molecule has 0 heterocycles. The second-order valence-electron chi connectivity index (χ2n) is 3.29. The van der Waals surface area contributed by atoms with Gasteiger partial charge >= 0.3 is 0 Å². The Morgan fingerprint density at radius 2 is 1.50 bits per heavy atom. The molecule has 0 atom stereocenters. The van der Waals surface area contributed by atoms with Crippen molar-refractivity contribution in [3.8, 4) is 11.1 Å². The van der Waals surface area contributed by atoms with Gasteiger partial charge in [-0.3, -0.25) is 0 Å². The highest BCUT2D eigenvalue weighted by atomic mass is 15.5. The minimum Gasteiger partial charge on any atom is -0.110 e. The summed E-state index contributed by atoms with van der Waals surface area (Å²) in [5, 5.41) is 3.09. The van der Waals surface area contributed by atoms with Gasteiger partial charge in [0, 0.05) is 11.1 Å². The Hall–Kier alpha value is -2.36. The van der Waals surface area contributed by atoms with E-state index in [-0.39, 0.29) is 0 Å². The van der Waals surface area contributed by atoms with Crippen LogP contribution in [0.25, 0.3) is 11.1 Å². The first kappa shape index (κ1) is 10.2. The molecule has 0 saturated carbocycles. The summed E-state index contributed by atoms with van der Waals surface area (Å²) in [4.78, 5) is 0.808. The maximum absolute atomic E-state index is 7.53. The Kier molecular flexibility index (Phi) is 2.82. The summed E-state index contributed by atoms with van der Waals surface area (Å²) in [6.45, 7) is 0. The van der Waals surface area contributed by atoms with Gasteiger partial charge in [-0.2, -0.15) is 0 Å². The van der Waals surface area contributed by atoms with E-state index in [4.69, 9.17) is 11.1 Å². The van der Waals surface area contributed by atoms with Crippen LogP contribution in [0.1, 0.15) is 0 Å². The molecule has 0 aromatic heterocycles. The molecular formula is C12H11N4+. The monoisotopic (exact) mass is 211 g/mol. The minimum atomic E-state index is 0.601. The Bertz CT molecular complexity index is 520. The van der Waals surface area contributed by atoms with Gasteiger partial charge in [0.1, 0.15) is 0 Å². The van der Waals surface area contributed by atoms with Gasteiger partial charge in [0.2, 0.25) is 0 Å². The number of para-hydroxylation sites is 1. The average molecular weight is 211 g/mol. The molecule has 0 saturated heterocycles. The SMILES string of the molecule is N=N[N+](=N)c1ccccc1-c1ccccc1. The van der Waals surface area contributed by atoms with Crippen molar-refractivity contribution in [2.75, 3.05) is 0 Å². The predicted octanol–water partition coefficient (Wildman–Crippen LogP) is 3.97. The number of benzene rings is 2. The molecule has 0 fully saturated rings. The molecule has 0 radical (unpaired) electrons. The fourth-order valence-corrected chi connectivity index (χ4v) is 1.57. The molecule has 0 aliphatic carbocycles. The van der Waals surface area contributed by atoms with E-state index in [1.807, 2.05) is 48.5 Å². The van der Waals surface area contributed by atoms with Crippen molar-refractivity contribution >= 4 is 5.69 Å². The van der Waals surface area contributed by atoms with Crippen LogP contribution in [-0.2, 0) is 0 Å². The van der Waals surface area contributed by atoms with Gasteiger partial charge in [-0.1, -0.05) is 42.5 Å². The van der Waals surface area contributed by atoms with E-state index in [1.54, 1.807) is 6.07 Å². The molecule has 4 heteroatoms. The lowest BCUT2D eigenvalue weighted by molar-refractivity contribution is -0.551. The summed E-state index contributed by atoms with van der Waals surface area (Å²) in [6.07, 6.45) is 0. The van der Waals surface area contributed by atoms with Crippen molar-refractivity contribution in [2.45, 2.75) is 0 Å². The van der Waals surface area contributed by atoms with Crippen LogP contribution in [0, 0.1) is 11.1 Å². The van der Waals surface area contributed by atoms with Crippen molar-refractivity contribution in [1.82, 2.24) is 0 Å². The molecule has 16 heavy (non-hydrogen) atoms. The lowest BCUT2D eigenvalue weighted by atomic mass is 10.0. The van der Waals surface area contributed by atoms with Crippen LogP contribution in [0.2, 0.25) is 0 Å². The smallest absolute Gasteiger partial charge is 0.110 e. The lowest BCUT2D eigenvalue weighted by Gasteiger charge is -2.03. The third-order valence-corrected chi connectivity index (χ3v) is 2.32. The predicted molar refractivity (Wildman–Crippen MR) is 59.7 cm³/mol. The average Bonchev–Trinajstić information content (AvgIpc) is 2.39. The molecule has 2 aromatic rings. The molecule has 0 bridgehead atoms. The highest BCUT2D eigenvalue weighted by Gasteiger charge is 2.11. The topological polar surface area (TPSA) is 63.1 Å². The molecule has 2 rings (SSSR count). The standard InChI is InChI=1S/C12H11N4/c13-15-16(14)12-9-5-4-8-11(12)10-6-2-1-3-7-10/h1-9,13-14H/q+1. The summed E-state index contributed by atoms with van der Waals surface area (Å²) in [7, 11) is 0. The zero-order chi connectivity index (χ0) is 11.4. The number of hydrogen-bond donors (Lipinski definition) is 2. The van der Waals surface area contributed by atoms with E-state index in [0.717, 1.165) is 15.9 Å². The molecule has 78 valence electrons. The van der Waals surface area contributed by atoms with Crippen LogP contribution in [-0.4, -0.2) is 4.81 Å². The molecule has 2 N–H and O–H groups in total. The van der Waals surface area contributed by atoms with Crippen molar-refractivity contribution < 1.29 is 4.81 Å². The van der Waals surface area contributed by atoms with Crippen LogP contribution in [0.15, 0.2) is 59.8 Å². The highest BCUT2D eigenvalue weighted by molar-refractivity contribution is 5.72. The van der Waals surface area contributed by atoms with Gasteiger partial charge in [-0.15, -0.1) is 5.53 Å². The second kappa shape index (κ2) is 4.44. The summed E-state index contributed by atoms with van der Waals surface area (Å²) in [5.74, 6) is 0. The van der Waals surface area contributed by atoms with Gasteiger partial charge in [0.05, 0.1) is 0 Å². The molecule has 2 aromatic carbocycles. The zero-order valence-corrected chi connectivity index (χ0v) is 8.59. The maximum Gasteiger partial charge on any atom is 0.189 e. The van der Waals surface area contributed by atoms with E-state index in [1.165, 1.54) is 0 Å². The molecular weight excluding hydrogens is 200 g/mol. The summed E-state index contributed by atoms with van der Waals surface area (Å²) in [5.41, 5.74) is 16.9. The number of hydrogen-bond acceptors (Lipinski definition) is 2. The fraction of sp³-hybridized carbons (Fsp3) is 0. The van der Waals surface area contributed by atoms with Crippen molar-refractivity contribution in [3.05, 3.63) is 54.6 Å². The molecule has 4 nitrogen and oxygen atoms in total. The Labute approximate surface area is 93.1 Å². The van der Waals surface area contributed by atoms with Crippen LogP contribution in [0.4, 0.5) is 5.69 Å². The van der Waals surface area contributed by atoms with E-state index >= 15 is 0 Å². The lowest BCUT2D eigenvalue weighted by Crippen LogP contribution is -1.91. The van der Waals surface area contributed by atoms with Gasteiger partial charge in [-0.25, -0.2) is 0 Å². The van der Waals surface area contributed by atoms with Gasteiger partial charge in [0.15, 0.2) is 10.9 Å². The molecule has 0 aliphatic rings. The molecule has 0 unspecified atom stereocenters. The van der Waals surface area contributed by atoms with Crippen molar-refractivity contribution in [1.29, 1.82) is 11.1 Å². The fourth-order valence-electron chi connectivity index (χ4n) is 1.57. The van der Waals surface area contributed by atoms with E-state index < -0.39 is 0 Å². The molecule has 0 amide bonds. The largest absolute Gasteiger partial charge is 0.189 e. The second-order valence-corrected chi connectivity index (χ2v) is 3.29. The highest BCUT2D eigenvalue weighted by Crippen LogP contribution is 2.29. The normalized spacial score (nSPS) is 9.75. The maximum atomic E-state index is 7.53. The van der Waals surface area contributed by atoms with Crippen LogP contribution < -0.4 is 0 Å². The van der Waals surface area contributed by atoms with Gasteiger partial charge < -0.3 is 0 Å². The van der Waals surface area contributed by atoms with Crippen LogP contribution >= 0.6 is 0 Å². The first-order chi connectivity index (χ1) is 7.83. The van der Waals surface area contributed by atoms with Crippen molar-refractivity contribution in [3.63, 3.8) is 0 Å². The number of nitrogens with zero attached hydrogens (tertiary/aromatic N) is 2. The van der Waals surface area contributed by atoms with Crippen LogP contribution in [0.5, 0.6) is 0 Å². The first-order valence-electron chi connectivity index (χ1n) is 4.86. The number of rotatable bonds is 3. The number of nitrogens with one attached hydrogen (secondary N) is 2. The summed E-state index contributed by atoms with van der Waals surface area (Å²) < 4.78 is 0. The zero-order valence-electron chi connectivity index (χ0n) is 8.59. The van der Waals surface area contributed by atoms with Crippen molar-refractivity contribution in [2.24, 2.45) is 5.22 Å². The quantitative estimate of drug-likeness (QED) is 0.438. The van der Waals surface area contributed by atoms with E-state index in [9.17, 15) is 0 Å². The minimum absolute atomic E-state index is 0.601. The van der Waals surface area contributed by atoms with Gasteiger partial charge in [0.25, 0.3) is 0 Å². The van der Waals surface area contributed by atoms with E-state index in [2.05, 4.69) is 5.22 Å². The Morgan fingerprint density at radius 3 is 2.19 bits per heavy atom. The molecule has 0 spiro atoms. The van der Waals surface area contributed by atoms with Gasteiger partial charge in [-0.05, 0) is 22.5 Å². The Morgan fingerprint density at radius 1 is 0.875 bits per heavy atom. The summed E-state index contributed by atoms with van der Waals surface area (Å²) in [6, 6.07) is 17.2. The third-order valence-electron chi connectivity index (χ3n) is 2.32. The van der Waals surface area contributed by atoms with Crippen LogP contribution in [0.3, 0.4) is 0 Å². The third kappa shape index (κ3) is 1.86. The summed E-state index contributed by atoms with van der Waals surface area (Å²) >= 11 is 0. The Balaban J connectivity index is 2.57. The van der Waals surface area contributed by atoms with E-state index in [0.29, 0.717) is 5.69 Å². The first-order valence-corrected chi connectivity index (χ1v) is 4.86. The molecule has 0 aliphatic heterocycles.